The molecular formula is C37H49F2N5O. The quantitative estimate of drug-likeness (QED) is 0.266. The smallest absolute Gasteiger partial charge is 0.226 e. The lowest BCUT2D eigenvalue weighted by atomic mass is 9.85. The maximum Gasteiger partial charge on any atom is 0.226 e. The van der Waals surface area contributed by atoms with E-state index in [1.54, 1.807) is 19.2 Å². The number of nitrogens with zero attached hydrogens (tertiary/aromatic N) is 4. The van der Waals surface area contributed by atoms with E-state index in [1.807, 2.05) is 20.8 Å². The van der Waals surface area contributed by atoms with Gasteiger partial charge in [0.15, 0.2) is 5.82 Å². The Morgan fingerprint density at radius 3 is 2.38 bits per heavy atom. The van der Waals surface area contributed by atoms with Crippen LogP contribution in [0, 0.1) is 41.2 Å². The minimum absolute atomic E-state index is 0.0408. The van der Waals surface area contributed by atoms with Crippen molar-refractivity contribution >= 4 is 22.4 Å². The Morgan fingerprint density at radius 1 is 1.09 bits per heavy atom. The van der Waals surface area contributed by atoms with Crippen molar-refractivity contribution in [3.63, 3.8) is 0 Å². The van der Waals surface area contributed by atoms with E-state index in [1.165, 1.54) is 31.7 Å². The lowest BCUT2D eigenvalue weighted by molar-refractivity contribution is 0.135. The van der Waals surface area contributed by atoms with Crippen molar-refractivity contribution in [2.75, 3.05) is 18.0 Å². The van der Waals surface area contributed by atoms with Gasteiger partial charge in [-0.05, 0) is 66.7 Å². The molecule has 0 amide bonds. The van der Waals surface area contributed by atoms with Crippen LogP contribution in [0.3, 0.4) is 0 Å². The predicted octanol–water partition coefficient (Wildman–Crippen LogP) is 9.37. The number of rotatable bonds is 7. The molecule has 1 atom stereocenters. The van der Waals surface area contributed by atoms with Crippen LogP contribution in [0.25, 0.3) is 27.6 Å². The van der Waals surface area contributed by atoms with Crippen LogP contribution in [-0.4, -0.2) is 23.1 Å². The number of allylic oxidation sites excluding steroid dienone is 2. The first-order valence-electron chi connectivity index (χ1n) is 16.7. The van der Waals surface area contributed by atoms with Crippen molar-refractivity contribution in [3.8, 4) is 17.2 Å². The summed E-state index contributed by atoms with van der Waals surface area (Å²) < 4.78 is 38.3. The number of hydrogen-bond acceptors (Lipinski definition) is 6. The molecule has 2 aliphatic heterocycles. The molecule has 3 aromatic rings. The van der Waals surface area contributed by atoms with Gasteiger partial charge in [-0.15, -0.1) is 0 Å². The second-order valence-corrected chi connectivity index (χ2v) is 12.4. The maximum atomic E-state index is 16.7. The number of nitriles is 1. The standard InChI is InChI=1S/C31H33F2N5O.C4H10.C2H6/c1-4-5-6-24(35)19(11-34)25-17(2)7-8-23(32)27(25)26-22-15-39-14-21(22)20-12-36-30(37-29(20)28(26)33)38-13-18(3)31(16-38)9-10-31;1-3-4-2;1-2/h7-8,12,18H,4-6,9-10,13-16,35H2,1-3H3;3-4H2,1-2H3;1-2H3/b24-19+;;. The summed E-state index contributed by atoms with van der Waals surface area (Å²) in [6, 6.07) is 5.13. The highest BCUT2D eigenvalue weighted by atomic mass is 19.1. The van der Waals surface area contributed by atoms with E-state index in [4.69, 9.17) is 15.5 Å². The maximum absolute atomic E-state index is 16.7. The topological polar surface area (TPSA) is 88.1 Å². The van der Waals surface area contributed by atoms with Gasteiger partial charge < -0.3 is 15.4 Å². The summed E-state index contributed by atoms with van der Waals surface area (Å²) in [6.45, 7) is 16.5. The van der Waals surface area contributed by atoms with Crippen LogP contribution in [0.1, 0.15) is 109 Å². The molecule has 1 spiro atoms. The van der Waals surface area contributed by atoms with E-state index in [0.717, 1.165) is 31.5 Å². The molecule has 242 valence electrons. The van der Waals surface area contributed by atoms with Crippen molar-refractivity contribution in [3.05, 3.63) is 57.9 Å². The molecule has 45 heavy (non-hydrogen) atoms. The fraction of sp³-hybridized carbons (Fsp3) is 0.541. The Kier molecular flexibility index (Phi) is 11.2. The Balaban J connectivity index is 0.000000713. The van der Waals surface area contributed by atoms with Gasteiger partial charge in [0.25, 0.3) is 0 Å². The van der Waals surface area contributed by atoms with Crippen LogP contribution in [0.5, 0.6) is 0 Å². The summed E-state index contributed by atoms with van der Waals surface area (Å²) >= 11 is 0. The van der Waals surface area contributed by atoms with Gasteiger partial charge >= 0.3 is 0 Å². The lowest BCUT2D eigenvalue weighted by Crippen LogP contribution is -2.22. The third kappa shape index (κ3) is 6.56. The number of aryl methyl sites for hydroxylation is 1. The van der Waals surface area contributed by atoms with Gasteiger partial charge in [-0.25, -0.2) is 18.7 Å². The van der Waals surface area contributed by atoms with Crippen LogP contribution in [-0.2, 0) is 18.0 Å². The number of hydrogen-bond donors (Lipinski definition) is 1. The first kappa shape index (κ1) is 34.3. The molecule has 6 rings (SSSR count). The molecule has 3 aliphatic rings. The molecule has 1 unspecified atom stereocenters. The Morgan fingerprint density at radius 2 is 1.78 bits per heavy atom. The molecule has 1 saturated carbocycles. The largest absolute Gasteiger partial charge is 0.401 e. The van der Waals surface area contributed by atoms with Gasteiger partial charge in [-0.2, -0.15) is 5.26 Å². The minimum atomic E-state index is -0.624. The highest BCUT2D eigenvalue weighted by molar-refractivity contribution is 5.96. The number of ether oxygens (including phenoxy) is 1. The molecule has 2 fully saturated rings. The molecule has 2 aromatic carbocycles. The molecule has 1 aromatic heterocycles. The lowest BCUT2D eigenvalue weighted by Gasteiger charge is -2.20. The molecule has 1 aliphatic carbocycles. The van der Waals surface area contributed by atoms with E-state index >= 15 is 8.78 Å². The Labute approximate surface area is 267 Å². The van der Waals surface area contributed by atoms with Gasteiger partial charge in [0.1, 0.15) is 17.4 Å². The number of halogens is 2. The van der Waals surface area contributed by atoms with Gasteiger partial charge in [0.05, 0.1) is 18.8 Å². The average molecular weight is 618 g/mol. The molecule has 0 bridgehead atoms. The van der Waals surface area contributed by atoms with E-state index in [0.29, 0.717) is 51.5 Å². The van der Waals surface area contributed by atoms with Crippen LogP contribution < -0.4 is 10.6 Å². The van der Waals surface area contributed by atoms with Gasteiger partial charge in [0.2, 0.25) is 5.95 Å². The van der Waals surface area contributed by atoms with Gasteiger partial charge in [-0.3, -0.25) is 0 Å². The molecule has 0 radical (unpaired) electrons. The van der Waals surface area contributed by atoms with Crippen molar-refractivity contribution in [2.24, 2.45) is 17.1 Å². The third-order valence-electron chi connectivity index (χ3n) is 9.50. The highest BCUT2D eigenvalue weighted by Gasteiger charge is 2.53. The summed E-state index contributed by atoms with van der Waals surface area (Å²) in [5, 5.41) is 10.7. The van der Waals surface area contributed by atoms with E-state index in [9.17, 15) is 5.26 Å². The summed E-state index contributed by atoms with van der Waals surface area (Å²) in [5.41, 5.74) is 9.86. The highest BCUT2D eigenvalue weighted by Crippen LogP contribution is 2.56. The average Bonchev–Trinajstić information content (AvgIpc) is 3.55. The molecule has 2 N–H and O–H groups in total. The summed E-state index contributed by atoms with van der Waals surface area (Å²) in [6.07, 6.45) is 8.92. The molecule has 8 heteroatoms. The van der Waals surface area contributed by atoms with Crippen LogP contribution in [0.2, 0.25) is 0 Å². The van der Waals surface area contributed by atoms with E-state index in [-0.39, 0.29) is 35.4 Å². The summed E-state index contributed by atoms with van der Waals surface area (Å²) in [4.78, 5) is 11.5. The number of fused-ring (bicyclic) bond motifs is 3. The molecule has 1 saturated heterocycles. The first-order chi connectivity index (χ1) is 21.7. The second-order valence-electron chi connectivity index (χ2n) is 12.4. The van der Waals surface area contributed by atoms with Crippen molar-refractivity contribution < 1.29 is 13.5 Å². The summed E-state index contributed by atoms with van der Waals surface area (Å²) in [7, 11) is 0. The number of aromatic nitrogens is 2. The zero-order valence-corrected chi connectivity index (χ0v) is 28.1. The fourth-order valence-electron chi connectivity index (χ4n) is 6.43. The van der Waals surface area contributed by atoms with Gasteiger partial charge in [0, 0.05) is 47.1 Å². The van der Waals surface area contributed by atoms with Crippen LogP contribution >= 0.6 is 0 Å². The zero-order chi connectivity index (χ0) is 32.9. The zero-order valence-electron chi connectivity index (χ0n) is 28.1. The summed E-state index contributed by atoms with van der Waals surface area (Å²) in [5.74, 6) is -0.212. The molecule has 6 nitrogen and oxygen atoms in total. The fourth-order valence-corrected chi connectivity index (χ4v) is 6.43. The van der Waals surface area contributed by atoms with Crippen molar-refractivity contribution in [1.29, 1.82) is 5.26 Å². The number of anilines is 1. The second kappa shape index (κ2) is 14.7. The minimum Gasteiger partial charge on any atom is -0.401 e. The SMILES string of the molecule is CC.CCCC.CCCC/C(N)=C(/C#N)c1c(C)ccc(F)c1-c1c2c(c3cnc(N4CC(C)C5(CC5)C4)nc3c1F)COC2. The van der Waals surface area contributed by atoms with Crippen molar-refractivity contribution in [1.82, 2.24) is 9.97 Å². The first-order valence-corrected chi connectivity index (χ1v) is 16.7. The molecular weight excluding hydrogens is 568 g/mol. The van der Waals surface area contributed by atoms with Crippen LogP contribution in [0.15, 0.2) is 24.0 Å². The predicted molar refractivity (Wildman–Crippen MR) is 179 cm³/mol. The van der Waals surface area contributed by atoms with Crippen molar-refractivity contribution in [2.45, 2.75) is 107 Å². The Bertz CT molecular complexity index is 1600. The monoisotopic (exact) mass is 617 g/mol. The third-order valence-corrected chi connectivity index (χ3v) is 9.50. The number of nitrogens with two attached hydrogens (primary N) is 1. The molecule has 3 heterocycles. The number of benzene rings is 2. The van der Waals surface area contributed by atoms with E-state index < -0.39 is 11.6 Å². The van der Waals surface area contributed by atoms with Gasteiger partial charge in [-0.1, -0.05) is 66.9 Å². The van der Waals surface area contributed by atoms with Crippen LogP contribution in [0.4, 0.5) is 14.7 Å². The van der Waals surface area contributed by atoms with E-state index in [2.05, 4.69) is 36.7 Å². The Hall–Kier alpha value is -3.57. The number of unbranched alkanes of at least 4 members (excludes halogenated alkanes) is 2. The normalized spacial score (nSPS) is 18.0.